The molecule has 2 atom stereocenters. The van der Waals surface area contributed by atoms with Crippen molar-refractivity contribution < 1.29 is 4.79 Å². The largest absolute Gasteiger partial charge is 0.315 e. The van der Waals surface area contributed by atoms with E-state index in [1.807, 2.05) is 19.2 Å². The van der Waals surface area contributed by atoms with Crippen LogP contribution in [0.2, 0.25) is 0 Å². The zero-order valence-electron chi connectivity index (χ0n) is 12.0. The molecule has 2 heterocycles. The average Bonchev–Trinajstić information content (AvgIpc) is 2.50. The first-order valence-corrected chi connectivity index (χ1v) is 8.51. The second-order valence-electron chi connectivity index (χ2n) is 5.67. The predicted molar refractivity (Wildman–Crippen MR) is 85.3 cm³/mol. The van der Waals surface area contributed by atoms with Crippen molar-refractivity contribution in [2.75, 3.05) is 24.2 Å². The summed E-state index contributed by atoms with van der Waals surface area (Å²) in [4.78, 5) is 13.9. The highest BCUT2D eigenvalue weighted by Gasteiger charge is 2.29. The zero-order valence-corrected chi connectivity index (χ0v) is 12.8. The standard InChI is InChI=1S/C16H22N2OS/c1-18-15-8-3-2-7-13(15)14(10-16(18)19)17-11-12-6-4-5-9-20-12/h2-3,7-8,12,14,17H,4-6,9-11H2,1H3. The number of hydrogen-bond donors (Lipinski definition) is 1. The van der Waals surface area contributed by atoms with Crippen molar-refractivity contribution in [2.45, 2.75) is 37.0 Å². The van der Waals surface area contributed by atoms with Crippen LogP contribution in [0.4, 0.5) is 5.69 Å². The normalized spacial score (nSPS) is 26.4. The van der Waals surface area contributed by atoms with Crippen molar-refractivity contribution >= 4 is 23.4 Å². The Morgan fingerprint density at radius 1 is 1.35 bits per heavy atom. The van der Waals surface area contributed by atoms with Crippen LogP contribution in [-0.2, 0) is 4.79 Å². The molecule has 0 spiro atoms. The fourth-order valence-electron chi connectivity index (χ4n) is 3.07. The number of benzene rings is 1. The summed E-state index contributed by atoms with van der Waals surface area (Å²) in [6.07, 6.45) is 4.59. The maximum Gasteiger partial charge on any atom is 0.228 e. The number of para-hydroxylation sites is 1. The van der Waals surface area contributed by atoms with Crippen molar-refractivity contribution in [3.63, 3.8) is 0 Å². The molecule has 0 aromatic heterocycles. The molecular weight excluding hydrogens is 268 g/mol. The molecule has 1 amide bonds. The maximum atomic E-state index is 12.1. The number of anilines is 1. The number of amides is 1. The molecule has 20 heavy (non-hydrogen) atoms. The molecule has 0 bridgehead atoms. The third-order valence-electron chi connectivity index (χ3n) is 4.29. The van der Waals surface area contributed by atoms with Gasteiger partial charge in [-0.05, 0) is 30.2 Å². The van der Waals surface area contributed by atoms with Crippen molar-refractivity contribution in [2.24, 2.45) is 0 Å². The lowest BCUT2D eigenvalue weighted by molar-refractivity contribution is -0.119. The Bertz CT molecular complexity index is 485. The third kappa shape index (κ3) is 2.86. The van der Waals surface area contributed by atoms with Gasteiger partial charge in [0.15, 0.2) is 0 Å². The Balaban J connectivity index is 1.70. The van der Waals surface area contributed by atoms with Crippen LogP contribution in [0.15, 0.2) is 24.3 Å². The van der Waals surface area contributed by atoms with E-state index in [1.165, 1.54) is 30.6 Å². The maximum absolute atomic E-state index is 12.1. The van der Waals surface area contributed by atoms with E-state index in [0.29, 0.717) is 11.7 Å². The molecular formula is C16H22N2OS. The van der Waals surface area contributed by atoms with E-state index < -0.39 is 0 Å². The Labute approximate surface area is 125 Å². The van der Waals surface area contributed by atoms with E-state index in [9.17, 15) is 4.79 Å². The van der Waals surface area contributed by atoms with Crippen LogP contribution >= 0.6 is 11.8 Å². The number of thioether (sulfide) groups is 1. The highest BCUT2D eigenvalue weighted by Crippen LogP contribution is 2.34. The molecule has 0 radical (unpaired) electrons. The van der Waals surface area contributed by atoms with Gasteiger partial charge >= 0.3 is 0 Å². The van der Waals surface area contributed by atoms with Crippen LogP contribution in [0.1, 0.15) is 37.3 Å². The molecule has 2 aliphatic rings. The fraction of sp³-hybridized carbons (Fsp3) is 0.562. The number of fused-ring (bicyclic) bond motifs is 1. The van der Waals surface area contributed by atoms with Gasteiger partial charge in [-0.15, -0.1) is 0 Å². The molecule has 1 N–H and O–H groups in total. The van der Waals surface area contributed by atoms with Gasteiger partial charge < -0.3 is 10.2 Å². The van der Waals surface area contributed by atoms with Crippen LogP contribution in [-0.4, -0.2) is 30.5 Å². The monoisotopic (exact) mass is 290 g/mol. The molecule has 4 heteroatoms. The highest BCUT2D eigenvalue weighted by atomic mass is 32.2. The summed E-state index contributed by atoms with van der Waals surface area (Å²) in [5.74, 6) is 1.49. The molecule has 1 aromatic carbocycles. The summed E-state index contributed by atoms with van der Waals surface area (Å²) in [7, 11) is 1.87. The van der Waals surface area contributed by atoms with Crippen molar-refractivity contribution in [1.82, 2.24) is 5.32 Å². The van der Waals surface area contributed by atoms with Gasteiger partial charge in [-0.25, -0.2) is 0 Å². The summed E-state index contributed by atoms with van der Waals surface area (Å²) < 4.78 is 0. The second kappa shape index (κ2) is 6.19. The minimum atomic E-state index is 0.178. The lowest BCUT2D eigenvalue weighted by Gasteiger charge is -2.33. The van der Waals surface area contributed by atoms with Crippen LogP contribution in [0, 0.1) is 0 Å². The second-order valence-corrected chi connectivity index (χ2v) is 7.07. The number of carbonyl (C=O) groups excluding carboxylic acids is 1. The lowest BCUT2D eigenvalue weighted by Crippen LogP contribution is -2.39. The van der Waals surface area contributed by atoms with Gasteiger partial charge in [0, 0.05) is 37.0 Å². The fourth-order valence-corrected chi connectivity index (χ4v) is 4.32. The summed E-state index contributed by atoms with van der Waals surface area (Å²) in [6.45, 7) is 1.01. The zero-order chi connectivity index (χ0) is 13.9. The molecule has 1 saturated heterocycles. The minimum Gasteiger partial charge on any atom is -0.315 e. The molecule has 108 valence electrons. The number of nitrogens with zero attached hydrogens (tertiary/aromatic N) is 1. The Morgan fingerprint density at radius 3 is 3.00 bits per heavy atom. The molecule has 0 saturated carbocycles. The van der Waals surface area contributed by atoms with E-state index in [1.54, 1.807) is 4.90 Å². The van der Waals surface area contributed by atoms with Crippen LogP contribution in [0.25, 0.3) is 0 Å². The lowest BCUT2D eigenvalue weighted by atomic mass is 9.96. The minimum absolute atomic E-state index is 0.178. The number of rotatable bonds is 3. The van der Waals surface area contributed by atoms with Gasteiger partial charge in [0.1, 0.15) is 0 Å². The Hall–Kier alpha value is -1.00. The molecule has 2 aliphatic heterocycles. The van der Waals surface area contributed by atoms with Gasteiger partial charge in [-0.2, -0.15) is 11.8 Å². The summed E-state index contributed by atoms with van der Waals surface area (Å²) in [5, 5.41) is 4.34. The smallest absolute Gasteiger partial charge is 0.228 e. The molecule has 3 rings (SSSR count). The summed E-state index contributed by atoms with van der Waals surface area (Å²) in [5.41, 5.74) is 2.31. The van der Waals surface area contributed by atoms with Crippen molar-refractivity contribution in [3.05, 3.63) is 29.8 Å². The number of nitrogens with one attached hydrogen (secondary N) is 1. The average molecular weight is 290 g/mol. The van der Waals surface area contributed by atoms with Gasteiger partial charge in [-0.3, -0.25) is 4.79 Å². The van der Waals surface area contributed by atoms with Crippen molar-refractivity contribution in [3.8, 4) is 0 Å². The van der Waals surface area contributed by atoms with Gasteiger partial charge in [0.05, 0.1) is 0 Å². The first-order chi connectivity index (χ1) is 9.75. The van der Waals surface area contributed by atoms with Crippen LogP contribution in [0.5, 0.6) is 0 Å². The first kappa shape index (κ1) is 14.0. The Kier molecular flexibility index (Phi) is 4.32. The van der Waals surface area contributed by atoms with E-state index >= 15 is 0 Å². The third-order valence-corrected chi connectivity index (χ3v) is 5.69. The summed E-state index contributed by atoms with van der Waals surface area (Å²) in [6, 6.07) is 8.42. The van der Waals surface area contributed by atoms with Crippen LogP contribution < -0.4 is 10.2 Å². The quantitative estimate of drug-likeness (QED) is 0.929. The van der Waals surface area contributed by atoms with E-state index in [0.717, 1.165) is 12.2 Å². The van der Waals surface area contributed by atoms with E-state index in [2.05, 4.69) is 29.2 Å². The number of carbonyl (C=O) groups is 1. The highest BCUT2D eigenvalue weighted by molar-refractivity contribution is 7.99. The predicted octanol–water partition coefficient (Wildman–Crippen LogP) is 2.97. The topological polar surface area (TPSA) is 32.3 Å². The number of hydrogen-bond acceptors (Lipinski definition) is 3. The van der Waals surface area contributed by atoms with Crippen LogP contribution in [0.3, 0.4) is 0 Å². The molecule has 0 aliphatic carbocycles. The Morgan fingerprint density at radius 2 is 2.20 bits per heavy atom. The SMILES string of the molecule is CN1C(=O)CC(NCC2CCCCS2)c2ccccc21. The molecule has 1 fully saturated rings. The van der Waals surface area contributed by atoms with Gasteiger partial charge in [0.2, 0.25) is 5.91 Å². The summed E-state index contributed by atoms with van der Waals surface area (Å²) >= 11 is 2.08. The van der Waals surface area contributed by atoms with E-state index in [-0.39, 0.29) is 11.9 Å². The molecule has 3 nitrogen and oxygen atoms in total. The van der Waals surface area contributed by atoms with Gasteiger partial charge in [0.25, 0.3) is 0 Å². The molecule has 1 aromatic rings. The van der Waals surface area contributed by atoms with Gasteiger partial charge in [-0.1, -0.05) is 24.6 Å². The van der Waals surface area contributed by atoms with Crippen molar-refractivity contribution in [1.29, 1.82) is 0 Å². The first-order valence-electron chi connectivity index (χ1n) is 7.46. The van der Waals surface area contributed by atoms with E-state index in [4.69, 9.17) is 0 Å². The molecule has 2 unspecified atom stereocenters.